The second-order valence-corrected chi connectivity index (χ2v) is 6.59. The number of benzene rings is 1. The van der Waals surface area contributed by atoms with Gasteiger partial charge in [-0.2, -0.15) is 0 Å². The van der Waals surface area contributed by atoms with Gasteiger partial charge < -0.3 is 15.2 Å². The molecule has 4 N–H and O–H groups in total. The van der Waals surface area contributed by atoms with E-state index in [2.05, 4.69) is 25.8 Å². The molecule has 24 heavy (non-hydrogen) atoms. The predicted octanol–water partition coefficient (Wildman–Crippen LogP) is 2.28. The van der Waals surface area contributed by atoms with Gasteiger partial charge in [0.1, 0.15) is 5.82 Å². The Labute approximate surface area is 139 Å². The van der Waals surface area contributed by atoms with Gasteiger partial charge in [-0.25, -0.2) is 4.98 Å². The zero-order valence-corrected chi connectivity index (χ0v) is 13.7. The van der Waals surface area contributed by atoms with Crippen molar-refractivity contribution in [1.82, 2.24) is 19.7 Å². The quantitative estimate of drug-likeness (QED) is 0.579. The van der Waals surface area contributed by atoms with Gasteiger partial charge in [-0.05, 0) is 37.0 Å². The van der Waals surface area contributed by atoms with Crippen molar-refractivity contribution in [3.05, 3.63) is 41.1 Å². The number of aromatic amines is 2. The van der Waals surface area contributed by atoms with Crippen LogP contribution in [0.2, 0.25) is 0 Å². The minimum Gasteiger partial charge on any atom is -0.385 e. The average Bonchev–Trinajstić information content (AvgIpc) is 3.28. The van der Waals surface area contributed by atoms with Crippen LogP contribution in [-0.4, -0.2) is 32.3 Å². The lowest BCUT2D eigenvalue weighted by molar-refractivity contribution is 0.530. The van der Waals surface area contributed by atoms with E-state index in [0.29, 0.717) is 17.3 Å². The summed E-state index contributed by atoms with van der Waals surface area (Å²) in [7, 11) is 1.98. The highest BCUT2D eigenvalue weighted by Crippen LogP contribution is 2.28. The molecule has 1 fully saturated rings. The van der Waals surface area contributed by atoms with Gasteiger partial charge in [-0.15, -0.1) is 0 Å². The highest BCUT2D eigenvalue weighted by atomic mass is 16.1. The van der Waals surface area contributed by atoms with Gasteiger partial charge in [-0.1, -0.05) is 6.42 Å². The summed E-state index contributed by atoms with van der Waals surface area (Å²) >= 11 is 0. The van der Waals surface area contributed by atoms with E-state index in [1.54, 1.807) is 0 Å². The first kappa shape index (κ1) is 14.9. The van der Waals surface area contributed by atoms with Crippen LogP contribution in [-0.2, 0) is 7.05 Å². The molecule has 0 aliphatic heterocycles. The largest absolute Gasteiger partial charge is 0.385 e. The minimum atomic E-state index is -0.0769. The first-order valence-electron chi connectivity index (χ1n) is 8.38. The third-order valence-corrected chi connectivity index (χ3v) is 4.84. The molecule has 1 aliphatic rings. The number of aryl methyl sites for hydroxylation is 1. The van der Waals surface area contributed by atoms with Crippen LogP contribution < -0.4 is 16.2 Å². The number of nitrogens with zero attached hydrogens (tertiary/aromatic N) is 2. The molecule has 4 rings (SSSR count). The number of hydrogen-bond donors (Lipinski definition) is 4. The molecular formula is C17H22N6O. The zero-order valence-electron chi connectivity index (χ0n) is 13.7. The Bertz CT molecular complexity index is 892. The summed E-state index contributed by atoms with van der Waals surface area (Å²) in [5.74, 6) is 1.51. The molecule has 0 spiro atoms. The molecule has 0 saturated heterocycles. The maximum atomic E-state index is 11.6. The van der Waals surface area contributed by atoms with Crippen molar-refractivity contribution in [3.63, 3.8) is 0 Å². The molecule has 7 heteroatoms. The molecule has 2 unspecified atom stereocenters. The summed E-state index contributed by atoms with van der Waals surface area (Å²) in [6.07, 6.45) is 7.45. The average molecular weight is 326 g/mol. The first-order chi connectivity index (χ1) is 11.7. The normalized spacial score (nSPS) is 20.5. The third-order valence-electron chi connectivity index (χ3n) is 4.84. The van der Waals surface area contributed by atoms with E-state index in [1.165, 1.54) is 19.3 Å². The van der Waals surface area contributed by atoms with Crippen molar-refractivity contribution in [2.24, 2.45) is 13.0 Å². The van der Waals surface area contributed by atoms with Gasteiger partial charge in [0.2, 0.25) is 0 Å². The van der Waals surface area contributed by atoms with Crippen LogP contribution >= 0.6 is 0 Å². The molecule has 2 aromatic heterocycles. The van der Waals surface area contributed by atoms with Crippen LogP contribution in [0.5, 0.6) is 0 Å². The molecule has 1 saturated carbocycles. The van der Waals surface area contributed by atoms with Gasteiger partial charge in [0.25, 0.3) is 5.56 Å². The Morgan fingerprint density at radius 2 is 2.25 bits per heavy atom. The lowest BCUT2D eigenvalue weighted by atomic mass is 10.0. The number of hydrogen-bond acceptors (Lipinski definition) is 4. The standard InChI is InChI=1S/C17H22N6O/c1-23-9-16(19-10-23)20-14-4-2-3-11(14)8-18-12-5-6-13-15(7-12)21-22-17(13)24/h5-7,9-11,14,18,20H,2-4,8H2,1H3,(H2,21,22,24). The zero-order chi connectivity index (χ0) is 16.5. The van der Waals surface area contributed by atoms with E-state index in [4.69, 9.17) is 0 Å². The fourth-order valence-electron chi connectivity index (χ4n) is 3.54. The predicted molar refractivity (Wildman–Crippen MR) is 95.4 cm³/mol. The lowest BCUT2D eigenvalue weighted by Gasteiger charge is -2.21. The Hall–Kier alpha value is -2.70. The van der Waals surface area contributed by atoms with Crippen LogP contribution in [0, 0.1) is 5.92 Å². The van der Waals surface area contributed by atoms with Crippen molar-refractivity contribution in [2.45, 2.75) is 25.3 Å². The van der Waals surface area contributed by atoms with Crippen molar-refractivity contribution in [3.8, 4) is 0 Å². The smallest absolute Gasteiger partial charge is 0.271 e. The van der Waals surface area contributed by atoms with E-state index >= 15 is 0 Å². The van der Waals surface area contributed by atoms with E-state index in [-0.39, 0.29) is 5.56 Å². The number of anilines is 2. The summed E-state index contributed by atoms with van der Waals surface area (Å²) in [5.41, 5.74) is 1.78. The number of rotatable bonds is 5. The van der Waals surface area contributed by atoms with Crippen LogP contribution in [0.1, 0.15) is 19.3 Å². The summed E-state index contributed by atoms with van der Waals surface area (Å²) < 4.78 is 1.96. The van der Waals surface area contributed by atoms with Crippen molar-refractivity contribution < 1.29 is 0 Å². The van der Waals surface area contributed by atoms with E-state index in [9.17, 15) is 4.79 Å². The molecule has 0 amide bonds. The first-order valence-corrected chi connectivity index (χ1v) is 8.38. The highest BCUT2D eigenvalue weighted by Gasteiger charge is 2.27. The van der Waals surface area contributed by atoms with E-state index in [0.717, 1.165) is 23.6 Å². The Morgan fingerprint density at radius 1 is 1.33 bits per heavy atom. The topological polar surface area (TPSA) is 90.5 Å². The number of imidazole rings is 1. The Morgan fingerprint density at radius 3 is 3.08 bits per heavy atom. The van der Waals surface area contributed by atoms with Crippen LogP contribution in [0.15, 0.2) is 35.5 Å². The van der Waals surface area contributed by atoms with E-state index in [1.807, 2.05) is 42.3 Å². The summed E-state index contributed by atoms with van der Waals surface area (Å²) in [4.78, 5) is 15.9. The second-order valence-electron chi connectivity index (χ2n) is 6.59. The van der Waals surface area contributed by atoms with Crippen molar-refractivity contribution in [1.29, 1.82) is 0 Å². The highest BCUT2D eigenvalue weighted by molar-refractivity contribution is 5.81. The van der Waals surface area contributed by atoms with Gasteiger partial charge in [-0.3, -0.25) is 15.0 Å². The van der Waals surface area contributed by atoms with Crippen molar-refractivity contribution in [2.75, 3.05) is 17.2 Å². The molecule has 0 radical (unpaired) electrons. The number of aromatic nitrogens is 4. The Kier molecular flexibility index (Phi) is 3.76. The maximum absolute atomic E-state index is 11.6. The molecular weight excluding hydrogens is 304 g/mol. The summed E-state index contributed by atoms with van der Waals surface area (Å²) in [6, 6.07) is 6.24. The number of nitrogens with one attached hydrogen (secondary N) is 4. The minimum absolute atomic E-state index is 0.0769. The number of fused-ring (bicyclic) bond motifs is 1. The molecule has 7 nitrogen and oxygen atoms in total. The van der Waals surface area contributed by atoms with Gasteiger partial charge in [0.15, 0.2) is 0 Å². The monoisotopic (exact) mass is 326 g/mol. The molecule has 2 heterocycles. The van der Waals surface area contributed by atoms with Gasteiger partial charge in [0, 0.05) is 31.5 Å². The van der Waals surface area contributed by atoms with Gasteiger partial charge in [0.05, 0.1) is 17.2 Å². The summed E-state index contributed by atoms with van der Waals surface area (Å²) in [5, 5.41) is 13.3. The molecule has 126 valence electrons. The summed E-state index contributed by atoms with van der Waals surface area (Å²) in [6.45, 7) is 0.907. The van der Waals surface area contributed by atoms with E-state index < -0.39 is 0 Å². The molecule has 0 bridgehead atoms. The second kappa shape index (κ2) is 6.07. The van der Waals surface area contributed by atoms with Crippen LogP contribution in [0.4, 0.5) is 11.5 Å². The fourth-order valence-corrected chi connectivity index (χ4v) is 3.54. The van der Waals surface area contributed by atoms with Crippen LogP contribution in [0.25, 0.3) is 10.9 Å². The maximum Gasteiger partial charge on any atom is 0.271 e. The molecule has 2 atom stereocenters. The third kappa shape index (κ3) is 2.89. The molecule has 1 aromatic carbocycles. The number of H-pyrrole nitrogens is 2. The lowest BCUT2D eigenvalue weighted by Crippen LogP contribution is -2.29. The Balaban J connectivity index is 1.40. The molecule has 3 aromatic rings. The SMILES string of the molecule is Cn1cnc(NC2CCCC2CNc2ccc3c(=O)[nH][nH]c3c2)c1. The van der Waals surface area contributed by atoms with Gasteiger partial charge >= 0.3 is 0 Å². The van der Waals surface area contributed by atoms with Crippen LogP contribution in [0.3, 0.4) is 0 Å². The molecule has 1 aliphatic carbocycles. The fraction of sp³-hybridized carbons (Fsp3) is 0.412. The van der Waals surface area contributed by atoms with Crippen molar-refractivity contribution >= 4 is 22.4 Å².